The summed E-state index contributed by atoms with van der Waals surface area (Å²) in [6, 6.07) is 5.05. The number of halogens is 1. The highest BCUT2D eigenvalue weighted by atomic mass is 35.5. The van der Waals surface area contributed by atoms with Crippen LogP contribution in [0, 0.1) is 0 Å². The van der Waals surface area contributed by atoms with Gasteiger partial charge in [-0.3, -0.25) is 4.90 Å². The Balaban J connectivity index is 2.09. The third-order valence-electron chi connectivity index (χ3n) is 3.87. The number of rotatable bonds is 4. The van der Waals surface area contributed by atoms with E-state index >= 15 is 0 Å². The highest BCUT2D eigenvalue weighted by Crippen LogP contribution is 2.31. The van der Waals surface area contributed by atoms with Crippen molar-refractivity contribution in [3.05, 3.63) is 21.3 Å². The summed E-state index contributed by atoms with van der Waals surface area (Å²) in [5.41, 5.74) is 5.97. The van der Waals surface area contributed by atoms with E-state index in [1.54, 1.807) is 11.3 Å². The molecule has 0 aromatic carbocycles. The second-order valence-electron chi connectivity index (χ2n) is 4.93. The molecular formula is C13H22ClN3S. The second-order valence-corrected chi connectivity index (χ2v) is 6.68. The fourth-order valence-electron chi connectivity index (χ4n) is 2.65. The molecule has 0 radical (unpaired) electrons. The van der Waals surface area contributed by atoms with E-state index in [0.29, 0.717) is 18.6 Å². The van der Waals surface area contributed by atoms with Gasteiger partial charge in [-0.05, 0) is 25.6 Å². The minimum atomic E-state index is 0.324. The van der Waals surface area contributed by atoms with E-state index in [0.717, 1.165) is 24.0 Å². The molecule has 0 spiro atoms. The van der Waals surface area contributed by atoms with Crippen LogP contribution in [0.15, 0.2) is 12.1 Å². The molecule has 5 heteroatoms. The Bertz CT molecular complexity index is 382. The van der Waals surface area contributed by atoms with Crippen molar-refractivity contribution in [2.45, 2.75) is 25.4 Å². The van der Waals surface area contributed by atoms with Crippen molar-refractivity contribution in [2.75, 3.05) is 33.2 Å². The molecule has 0 bridgehead atoms. The minimum absolute atomic E-state index is 0.324. The van der Waals surface area contributed by atoms with E-state index in [2.05, 4.69) is 29.8 Å². The SMILES string of the molecule is CCC1CN(C(CN)c2ccc(Cl)s2)CCN1C. The molecule has 0 saturated carbocycles. The molecule has 2 N–H and O–H groups in total. The Hall–Kier alpha value is -0.130. The Morgan fingerprint density at radius 2 is 2.28 bits per heavy atom. The Morgan fingerprint density at radius 1 is 1.50 bits per heavy atom. The average Bonchev–Trinajstić information content (AvgIpc) is 2.79. The van der Waals surface area contributed by atoms with E-state index in [1.807, 2.05) is 6.07 Å². The first-order valence-corrected chi connectivity index (χ1v) is 7.74. The Morgan fingerprint density at radius 3 is 2.83 bits per heavy atom. The highest BCUT2D eigenvalue weighted by Gasteiger charge is 2.28. The van der Waals surface area contributed by atoms with Crippen molar-refractivity contribution in [1.29, 1.82) is 0 Å². The van der Waals surface area contributed by atoms with Crippen LogP contribution in [0.1, 0.15) is 24.3 Å². The van der Waals surface area contributed by atoms with Gasteiger partial charge in [0.15, 0.2) is 0 Å². The zero-order valence-electron chi connectivity index (χ0n) is 11.1. The van der Waals surface area contributed by atoms with Gasteiger partial charge in [0.25, 0.3) is 0 Å². The molecule has 2 heterocycles. The first kappa shape index (κ1) is 14.3. The lowest BCUT2D eigenvalue weighted by atomic mass is 10.1. The molecule has 2 rings (SSSR count). The number of nitrogens with two attached hydrogens (primary N) is 1. The van der Waals surface area contributed by atoms with Gasteiger partial charge in [0, 0.05) is 37.1 Å². The Labute approximate surface area is 119 Å². The predicted octanol–water partition coefficient (Wildman–Crippen LogP) is 2.43. The first-order chi connectivity index (χ1) is 8.65. The highest BCUT2D eigenvalue weighted by molar-refractivity contribution is 7.16. The van der Waals surface area contributed by atoms with Crippen LogP contribution in [0.4, 0.5) is 0 Å². The molecule has 1 aliphatic heterocycles. The van der Waals surface area contributed by atoms with E-state index in [4.69, 9.17) is 17.3 Å². The molecule has 1 aromatic heterocycles. The molecule has 0 aliphatic carbocycles. The van der Waals surface area contributed by atoms with Gasteiger partial charge in [0.1, 0.15) is 0 Å². The number of piperazine rings is 1. The largest absolute Gasteiger partial charge is 0.329 e. The standard InChI is InChI=1S/C13H22ClN3S/c1-3-10-9-17(7-6-16(10)2)11(8-15)12-4-5-13(14)18-12/h4-5,10-11H,3,6-9,15H2,1-2H3. The maximum Gasteiger partial charge on any atom is 0.0931 e. The summed E-state index contributed by atoms with van der Waals surface area (Å²) >= 11 is 7.68. The summed E-state index contributed by atoms with van der Waals surface area (Å²) < 4.78 is 0.851. The summed E-state index contributed by atoms with van der Waals surface area (Å²) in [6.07, 6.45) is 1.19. The zero-order chi connectivity index (χ0) is 13.1. The maximum atomic E-state index is 6.03. The van der Waals surface area contributed by atoms with E-state index < -0.39 is 0 Å². The van der Waals surface area contributed by atoms with E-state index in [1.165, 1.54) is 11.3 Å². The van der Waals surface area contributed by atoms with Crippen LogP contribution in [-0.2, 0) is 0 Å². The van der Waals surface area contributed by atoms with Crippen LogP contribution in [0.2, 0.25) is 4.34 Å². The monoisotopic (exact) mass is 287 g/mol. The van der Waals surface area contributed by atoms with Crippen molar-refractivity contribution >= 4 is 22.9 Å². The lowest BCUT2D eigenvalue weighted by molar-refractivity contribution is 0.0654. The molecule has 1 aromatic rings. The molecule has 2 atom stereocenters. The van der Waals surface area contributed by atoms with Gasteiger partial charge >= 0.3 is 0 Å². The van der Waals surface area contributed by atoms with Gasteiger partial charge in [0.05, 0.1) is 10.4 Å². The van der Waals surface area contributed by atoms with Crippen LogP contribution >= 0.6 is 22.9 Å². The van der Waals surface area contributed by atoms with E-state index in [9.17, 15) is 0 Å². The van der Waals surface area contributed by atoms with Crippen LogP contribution in [0.25, 0.3) is 0 Å². The molecule has 0 amide bonds. The fourth-order valence-corrected chi connectivity index (χ4v) is 3.86. The normalized spacial score (nSPS) is 24.3. The Kier molecular flexibility index (Phi) is 5.04. The smallest absolute Gasteiger partial charge is 0.0931 e. The van der Waals surface area contributed by atoms with Gasteiger partial charge in [0.2, 0.25) is 0 Å². The van der Waals surface area contributed by atoms with Crippen LogP contribution in [-0.4, -0.2) is 49.1 Å². The van der Waals surface area contributed by atoms with Gasteiger partial charge in [-0.2, -0.15) is 0 Å². The lowest BCUT2D eigenvalue weighted by Crippen LogP contribution is -2.52. The third kappa shape index (κ3) is 3.06. The van der Waals surface area contributed by atoms with Crippen molar-refractivity contribution in [3.63, 3.8) is 0 Å². The summed E-state index contributed by atoms with van der Waals surface area (Å²) in [4.78, 5) is 6.25. The number of hydrogen-bond acceptors (Lipinski definition) is 4. The topological polar surface area (TPSA) is 32.5 Å². The summed E-state index contributed by atoms with van der Waals surface area (Å²) in [7, 11) is 2.21. The van der Waals surface area contributed by atoms with Gasteiger partial charge in [-0.1, -0.05) is 18.5 Å². The molecule has 1 saturated heterocycles. The number of nitrogens with zero attached hydrogens (tertiary/aromatic N) is 2. The predicted molar refractivity (Wildman–Crippen MR) is 79.4 cm³/mol. The summed E-state index contributed by atoms with van der Waals surface area (Å²) in [5.74, 6) is 0. The molecule has 102 valence electrons. The first-order valence-electron chi connectivity index (χ1n) is 6.55. The molecule has 1 aliphatic rings. The lowest BCUT2D eigenvalue weighted by Gasteiger charge is -2.42. The minimum Gasteiger partial charge on any atom is -0.329 e. The third-order valence-corrected chi connectivity index (χ3v) is 5.20. The molecule has 1 fully saturated rings. The summed E-state index contributed by atoms with van der Waals surface area (Å²) in [5, 5.41) is 0. The molecule has 3 nitrogen and oxygen atoms in total. The quantitative estimate of drug-likeness (QED) is 0.923. The molecule has 18 heavy (non-hydrogen) atoms. The van der Waals surface area contributed by atoms with Crippen molar-refractivity contribution in [2.24, 2.45) is 5.73 Å². The van der Waals surface area contributed by atoms with Crippen LogP contribution < -0.4 is 5.73 Å². The van der Waals surface area contributed by atoms with Gasteiger partial charge in [-0.15, -0.1) is 11.3 Å². The van der Waals surface area contributed by atoms with Crippen molar-refractivity contribution in [3.8, 4) is 0 Å². The second kappa shape index (κ2) is 6.35. The molecular weight excluding hydrogens is 266 g/mol. The number of likely N-dealkylation sites (N-methyl/N-ethyl adjacent to an activating group) is 1. The fraction of sp³-hybridized carbons (Fsp3) is 0.692. The van der Waals surface area contributed by atoms with Crippen molar-refractivity contribution in [1.82, 2.24) is 9.80 Å². The maximum absolute atomic E-state index is 6.03. The van der Waals surface area contributed by atoms with Gasteiger partial charge < -0.3 is 10.6 Å². The van der Waals surface area contributed by atoms with E-state index in [-0.39, 0.29) is 0 Å². The average molecular weight is 288 g/mol. The van der Waals surface area contributed by atoms with Crippen molar-refractivity contribution < 1.29 is 0 Å². The zero-order valence-corrected chi connectivity index (χ0v) is 12.7. The number of hydrogen-bond donors (Lipinski definition) is 1. The van der Waals surface area contributed by atoms with Crippen LogP contribution in [0.5, 0.6) is 0 Å². The summed E-state index contributed by atoms with van der Waals surface area (Å²) in [6.45, 7) is 6.23. The number of thiophene rings is 1. The van der Waals surface area contributed by atoms with Gasteiger partial charge in [-0.25, -0.2) is 0 Å². The molecule has 2 unspecified atom stereocenters. The van der Waals surface area contributed by atoms with Crippen LogP contribution in [0.3, 0.4) is 0 Å².